The van der Waals surface area contributed by atoms with E-state index in [-0.39, 0.29) is 12.1 Å². The second-order valence-corrected chi connectivity index (χ2v) is 11.5. The van der Waals surface area contributed by atoms with E-state index in [9.17, 15) is 0 Å². The molecular formula is C40H54N2O3. The number of hydrogen-bond donors (Lipinski definition) is 0. The molecule has 1 unspecified atom stereocenters. The molecule has 0 N–H and O–H groups in total. The smallest absolute Gasteiger partial charge is 0.237 e. The molecule has 3 aromatic carbocycles. The molecule has 45 heavy (non-hydrogen) atoms. The Labute approximate surface area is 272 Å². The summed E-state index contributed by atoms with van der Waals surface area (Å²) in [5.41, 5.74) is 7.16. The second kappa shape index (κ2) is 18.9. The molecule has 242 valence electrons. The molecule has 0 saturated carbocycles. The van der Waals surface area contributed by atoms with E-state index in [2.05, 4.69) is 87.0 Å². The van der Waals surface area contributed by atoms with Crippen LogP contribution in [0.25, 0.3) is 0 Å². The molecule has 0 amide bonds. The van der Waals surface area contributed by atoms with Crippen molar-refractivity contribution in [2.45, 2.75) is 100 Å². The van der Waals surface area contributed by atoms with Crippen LogP contribution in [0.2, 0.25) is 0 Å². The summed E-state index contributed by atoms with van der Waals surface area (Å²) in [4.78, 5) is 0. The lowest BCUT2D eigenvalue weighted by Gasteiger charge is -2.26. The summed E-state index contributed by atoms with van der Waals surface area (Å²) in [6.07, 6.45) is 5.02. The minimum Gasteiger partial charge on any atom is -0.489 e. The fraction of sp³-hybridized carbons (Fsp3) is 0.425. The Hall–Kier alpha value is -3.83. The van der Waals surface area contributed by atoms with Gasteiger partial charge < -0.3 is 14.2 Å². The van der Waals surface area contributed by atoms with Crippen LogP contribution >= 0.6 is 0 Å². The van der Waals surface area contributed by atoms with Crippen LogP contribution in [0.15, 0.2) is 96.6 Å². The predicted molar refractivity (Wildman–Crippen MR) is 187 cm³/mol. The lowest BCUT2D eigenvalue weighted by molar-refractivity contribution is 0.130. The summed E-state index contributed by atoms with van der Waals surface area (Å²) in [6.45, 7) is 18.6. The standard InChI is InChI=1S/C36H42N2O3.2C2H6/c1-26(2)38-28(4)35(22-29-15-17-33(18-16-29)40-25-31-13-9-6-10-14-31)36(37-38)41-34-20-27(3)19-32(21-34)24-39-23-30-11-7-5-8-12-30;2*1-2/h5-18,21,26-27,34H,19-20,22-25H2,1-4H3;2*1-2H3/t27-,34?;;/m0../s1. The average molecular weight is 611 g/mol. The third-order valence-corrected chi connectivity index (χ3v) is 7.61. The van der Waals surface area contributed by atoms with Crippen molar-refractivity contribution in [3.8, 4) is 11.6 Å². The monoisotopic (exact) mass is 610 g/mol. The summed E-state index contributed by atoms with van der Waals surface area (Å²) in [7, 11) is 0. The Morgan fingerprint density at radius 3 is 1.98 bits per heavy atom. The fourth-order valence-electron chi connectivity index (χ4n) is 5.51. The lowest BCUT2D eigenvalue weighted by atomic mass is 9.89. The highest BCUT2D eigenvalue weighted by atomic mass is 16.5. The van der Waals surface area contributed by atoms with Gasteiger partial charge in [-0.2, -0.15) is 0 Å². The van der Waals surface area contributed by atoms with Crippen molar-refractivity contribution in [2.24, 2.45) is 5.92 Å². The maximum absolute atomic E-state index is 6.66. The highest BCUT2D eigenvalue weighted by molar-refractivity contribution is 5.39. The van der Waals surface area contributed by atoms with E-state index in [0.717, 1.165) is 47.7 Å². The summed E-state index contributed by atoms with van der Waals surface area (Å²) in [5.74, 6) is 2.13. The van der Waals surface area contributed by atoms with Gasteiger partial charge in [-0.15, -0.1) is 5.10 Å². The molecule has 1 aliphatic rings. The van der Waals surface area contributed by atoms with E-state index in [1.54, 1.807) is 0 Å². The van der Waals surface area contributed by atoms with E-state index in [4.69, 9.17) is 19.3 Å². The zero-order valence-electron chi connectivity index (χ0n) is 28.8. The highest BCUT2D eigenvalue weighted by Gasteiger charge is 2.25. The molecule has 1 aliphatic carbocycles. The molecule has 0 fully saturated rings. The largest absolute Gasteiger partial charge is 0.489 e. The van der Waals surface area contributed by atoms with Crippen LogP contribution in [0.3, 0.4) is 0 Å². The van der Waals surface area contributed by atoms with Crippen molar-refractivity contribution < 1.29 is 14.2 Å². The second-order valence-electron chi connectivity index (χ2n) is 11.5. The Morgan fingerprint density at radius 1 is 0.778 bits per heavy atom. The molecule has 0 saturated heterocycles. The van der Waals surface area contributed by atoms with Crippen LogP contribution in [0.5, 0.6) is 11.6 Å². The first kappa shape index (κ1) is 35.6. The van der Waals surface area contributed by atoms with Crippen molar-refractivity contribution in [1.82, 2.24) is 9.78 Å². The van der Waals surface area contributed by atoms with Gasteiger partial charge in [0.05, 0.1) is 13.2 Å². The van der Waals surface area contributed by atoms with Crippen LogP contribution in [0.4, 0.5) is 0 Å². The summed E-state index contributed by atoms with van der Waals surface area (Å²) < 4.78 is 20.8. The molecular weight excluding hydrogens is 556 g/mol. The van der Waals surface area contributed by atoms with Crippen molar-refractivity contribution in [1.29, 1.82) is 0 Å². The Kier molecular flexibility index (Phi) is 14.9. The molecule has 5 nitrogen and oxygen atoms in total. The topological polar surface area (TPSA) is 45.5 Å². The van der Waals surface area contributed by atoms with E-state index >= 15 is 0 Å². The first-order valence-corrected chi connectivity index (χ1v) is 16.8. The van der Waals surface area contributed by atoms with Crippen LogP contribution in [0.1, 0.15) is 95.3 Å². The molecule has 1 heterocycles. The van der Waals surface area contributed by atoms with E-state index < -0.39 is 0 Å². The molecule has 5 rings (SSSR count). The van der Waals surface area contributed by atoms with Gasteiger partial charge >= 0.3 is 0 Å². The van der Waals surface area contributed by atoms with Gasteiger partial charge in [0, 0.05) is 23.7 Å². The number of nitrogens with zero attached hydrogens (tertiary/aromatic N) is 2. The zero-order chi connectivity index (χ0) is 32.6. The van der Waals surface area contributed by atoms with Gasteiger partial charge in [-0.05, 0) is 80.0 Å². The Balaban J connectivity index is 0.00000133. The average Bonchev–Trinajstić information content (AvgIpc) is 3.37. The van der Waals surface area contributed by atoms with Gasteiger partial charge in [-0.1, -0.05) is 107 Å². The normalized spacial score (nSPS) is 15.7. The SMILES string of the molecule is CC.CC.Cc1c(Cc2ccc(OCc3ccccc3)cc2)c(OC2C=C(COCc3ccccc3)C[C@H](C)C2)nn1C(C)C. The maximum Gasteiger partial charge on any atom is 0.237 e. The fourth-order valence-corrected chi connectivity index (χ4v) is 5.51. The zero-order valence-corrected chi connectivity index (χ0v) is 28.8. The highest BCUT2D eigenvalue weighted by Crippen LogP contribution is 2.32. The molecule has 0 bridgehead atoms. The number of aromatic nitrogens is 2. The first-order chi connectivity index (χ1) is 21.9. The molecule has 5 heteroatoms. The number of benzene rings is 3. The molecule has 0 radical (unpaired) electrons. The summed E-state index contributed by atoms with van der Waals surface area (Å²) >= 11 is 0. The number of ether oxygens (including phenoxy) is 3. The third kappa shape index (κ3) is 10.9. The number of hydrogen-bond acceptors (Lipinski definition) is 4. The van der Waals surface area contributed by atoms with Crippen LogP contribution < -0.4 is 9.47 Å². The molecule has 2 atom stereocenters. The van der Waals surface area contributed by atoms with Gasteiger partial charge in [-0.25, -0.2) is 0 Å². The Bertz CT molecular complexity index is 1410. The quantitative estimate of drug-likeness (QED) is 0.150. The molecule has 1 aromatic heterocycles. The molecule has 0 spiro atoms. The van der Waals surface area contributed by atoms with Gasteiger partial charge in [-0.3, -0.25) is 4.68 Å². The van der Waals surface area contributed by atoms with Crippen LogP contribution in [-0.2, 0) is 24.4 Å². The lowest BCUT2D eigenvalue weighted by Crippen LogP contribution is -2.24. The van der Waals surface area contributed by atoms with Crippen LogP contribution in [-0.4, -0.2) is 22.5 Å². The van der Waals surface area contributed by atoms with Gasteiger partial charge in [0.15, 0.2) is 0 Å². The summed E-state index contributed by atoms with van der Waals surface area (Å²) in [6, 6.07) is 29.2. The Morgan fingerprint density at radius 2 is 1.38 bits per heavy atom. The van der Waals surface area contributed by atoms with Crippen LogP contribution in [0, 0.1) is 12.8 Å². The van der Waals surface area contributed by atoms with Gasteiger partial charge in [0.1, 0.15) is 18.5 Å². The minimum atomic E-state index is -0.0171. The third-order valence-electron chi connectivity index (χ3n) is 7.61. The van der Waals surface area contributed by atoms with E-state index in [0.29, 0.717) is 25.7 Å². The van der Waals surface area contributed by atoms with Crippen molar-refractivity contribution >= 4 is 0 Å². The molecule has 0 aliphatic heterocycles. The first-order valence-electron chi connectivity index (χ1n) is 16.8. The maximum atomic E-state index is 6.66. The minimum absolute atomic E-state index is 0.0171. The predicted octanol–water partition coefficient (Wildman–Crippen LogP) is 10.3. The van der Waals surface area contributed by atoms with E-state index in [1.165, 1.54) is 16.7 Å². The van der Waals surface area contributed by atoms with Gasteiger partial charge in [0.25, 0.3) is 0 Å². The molecule has 4 aromatic rings. The van der Waals surface area contributed by atoms with Gasteiger partial charge in [0.2, 0.25) is 5.88 Å². The van der Waals surface area contributed by atoms with Crippen molar-refractivity contribution in [3.63, 3.8) is 0 Å². The van der Waals surface area contributed by atoms with E-state index in [1.807, 2.05) is 64.1 Å². The van der Waals surface area contributed by atoms with Crippen molar-refractivity contribution in [3.05, 3.63) is 125 Å². The number of rotatable bonds is 12. The van der Waals surface area contributed by atoms with Crippen molar-refractivity contribution in [2.75, 3.05) is 6.61 Å². The summed E-state index contributed by atoms with van der Waals surface area (Å²) in [5, 5.41) is 4.94.